The molecule has 0 amide bonds. The second-order valence-corrected chi connectivity index (χ2v) is 6.29. The second-order valence-electron chi connectivity index (χ2n) is 4.46. The molecule has 0 aliphatic carbocycles. The summed E-state index contributed by atoms with van der Waals surface area (Å²) in [5.74, 6) is 0. The van der Waals surface area contributed by atoms with E-state index in [1.807, 2.05) is 36.4 Å². The molecule has 21 heavy (non-hydrogen) atoms. The van der Waals surface area contributed by atoms with E-state index in [9.17, 15) is 0 Å². The first-order valence-corrected chi connectivity index (χ1v) is 7.82. The van der Waals surface area contributed by atoms with E-state index in [4.69, 9.17) is 28.9 Å². The Labute approximate surface area is 136 Å². The lowest BCUT2D eigenvalue weighted by atomic mass is 10.1. The molecule has 1 atom stereocenters. The number of hydrogen-bond acceptors (Lipinski definition) is 4. The molecule has 106 valence electrons. The number of nitrogens with zero attached hydrogens (tertiary/aromatic N) is 2. The van der Waals surface area contributed by atoms with Crippen LogP contribution in [0, 0.1) is 0 Å². The highest BCUT2D eigenvalue weighted by Gasteiger charge is 2.15. The topological polar surface area (TPSA) is 51.8 Å². The average Bonchev–Trinajstić information content (AvgIpc) is 3.00. The molecule has 1 heterocycles. The fourth-order valence-electron chi connectivity index (χ4n) is 1.91. The molecule has 3 aromatic rings. The lowest BCUT2D eigenvalue weighted by molar-refractivity contribution is 0.831. The zero-order valence-corrected chi connectivity index (χ0v) is 13.2. The molecule has 0 aliphatic heterocycles. The average molecular weight is 336 g/mol. The van der Waals surface area contributed by atoms with E-state index in [1.54, 1.807) is 12.1 Å². The zero-order chi connectivity index (χ0) is 14.8. The van der Waals surface area contributed by atoms with Crippen LogP contribution in [0.3, 0.4) is 0 Å². The number of aromatic nitrogens is 2. The molecule has 0 saturated carbocycles. The van der Waals surface area contributed by atoms with Crippen molar-refractivity contribution in [3.05, 3.63) is 69.1 Å². The van der Waals surface area contributed by atoms with Crippen LogP contribution < -0.4 is 5.73 Å². The Morgan fingerprint density at radius 3 is 2.43 bits per heavy atom. The molecule has 1 unspecified atom stereocenters. The molecule has 0 spiro atoms. The number of nitrogens with two attached hydrogens (primary N) is 1. The van der Waals surface area contributed by atoms with Gasteiger partial charge in [-0.2, -0.15) is 0 Å². The van der Waals surface area contributed by atoms with Gasteiger partial charge in [-0.05, 0) is 17.7 Å². The van der Waals surface area contributed by atoms with Crippen molar-refractivity contribution in [2.45, 2.75) is 6.04 Å². The van der Waals surface area contributed by atoms with Gasteiger partial charge in [0, 0.05) is 5.56 Å². The molecule has 1 aromatic heterocycles. The van der Waals surface area contributed by atoms with Crippen molar-refractivity contribution >= 4 is 34.5 Å². The van der Waals surface area contributed by atoms with Gasteiger partial charge in [0.1, 0.15) is 10.0 Å². The molecule has 0 aliphatic rings. The van der Waals surface area contributed by atoms with Crippen molar-refractivity contribution in [1.29, 1.82) is 0 Å². The zero-order valence-electron chi connectivity index (χ0n) is 10.8. The third-order valence-electron chi connectivity index (χ3n) is 3.03. The number of rotatable bonds is 3. The van der Waals surface area contributed by atoms with Gasteiger partial charge >= 0.3 is 0 Å². The Bertz CT molecular complexity index is 759. The third-order valence-corrected chi connectivity index (χ3v) is 4.83. The Hall–Kier alpha value is -1.46. The van der Waals surface area contributed by atoms with Crippen molar-refractivity contribution in [3.8, 4) is 10.6 Å². The van der Waals surface area contributed by atoms with E-state index in [0.717, 1.165) is 21.1 Å². The number of benzene rings is 2. The first-order chi connectivity index (χ1) is 10.1. The smallest absolute Gasteiger partial charge is 0.147 e. The quantitative estimate of drug-likeness (QED) is 0.763. The first-order valence-electron chi connectivity index (χ1n) is 6.24. The Morgan fingerprint density at radius 1 is 0.952 bits per heavy atom. The van der Waals surface area contributed by atoms with E-state index in [-0.39, 0.29) is 6.04 Å². The summed E-state index contributed by atoms with van der Waals surface area (Å²) < 4.78 is 0. The van der Waals surface area contributed by atoms with E-state index in [1.165, 1.54) is 11.3 Å². The fraction of sp³-hybridized carbons (Fsp3) is 0.0667. The summed E-state index contributed by atoms with van der Waals surface area (Å²) in [4.78, 5) is 0. The van der Waals surface area contributed by atoms with Crippen LogP contribution in [-0.4, -0.2) is 10.2 Å². The minimum Gasteiger partial charge on any atom is -0.318 e. The maximum absolute atomic E-state index is 6.22. The van der Waals surface area contributed by atoms with Gasteiger partial charge in [-0.15, -0.1) is 10.2 Å². The number of hydrogen-bond donors (Lipinski definition) is 1. The summed E-state index contributed by atoms with van der Waals surface area (Å²) in [7, 11) is 0. The van der Waals surface area contributed by atoms with Gasteiger partial charge in [0.25, 0.3) is 0 Å². The van der Waals surface area contributed by atoms with Gasteiger partial charge in [0.2, 0.25) is 0 Å². The predicted molar refractivity (Wildman–Crippen MR) is 87.8 cm³/mol. The van der Waals surface area contributed by atoms with Gasteiger partial charge in [-0.3, -0.25) is 0 Å². The fourth-order valence-corrected chi connectivity index (χ4v) is 3.08. The van der Waals surface area contributed by atoms with E-state index < -0.39 is 0 Å². The van der Waals surface area contributed by atoms with Crippen LogP contribution in [0.1, 0.15) is 16.6 Å². The predicted octanol–water partition coefficient (Wildman–Crippen LogP) is 4.56. The summed E-state index contributed by atoms with van der Waals surface area (Å²) >= 11 is 13.4. The molecule has 2 N–H and O–H groups in total. The van der Waals surface area contributed by atoms with Crippen LogP contribution in [0.2, 0.25) is 10.0 Å². The molecule has 0 saturated heterocycles. The summed E-state index contributed by atoms with van der Waals surface area (Å²) in [6, 6.07) is 14.9. The van der Waals surface area contributed by atoms with Crippen LogP contribution in [0.4, 0.5) is 0 Å². The monoisotopic (exact) mass is 335 g/mol. The number of halogens is 2. The van der Waals surface area contributed by atoms with Crippen LogP contribution in [0.15, 0.2) is 48.5 Å². The largest absolute Gasteiger partial charge is 0.318 e. The van der Waals surface area contributed by atoms with Gasteiger partial charge in [-0.25, -0.2) is 0 Å². The van der Waals surface area contributed by atoms with Crippen molar-refractivity contribution in [2.75, 3.05) is 0 Å². The lowest BCUT2D eigenvalue weighted by Crippen LogP contribution is -2.11. The first kappa shape index (κ1) is 14.5. The summed E-state index contributed by atoms with van der Waals surface area (Å²) in [5.41, 5.74) is 8.11. The second kappa shape index (κ2) is 6.12. The summed E-state index contributed by atoms with van der Waals surface area (Å²) in [6.07, 6.45) is 0. The van der Waals surface area contributed by atoms with E-state index >= 15 is 0 Å². The van der Waals surface area contributed by atoms with E-state index in [2.05, 4.69) is 10.2 Å². The standard InChI is InChI=1S/C15H11Cl2N3S/c16-11-7-6-10(8-12(11)17)14-19-20-15(21-14)13(18)9-4-2-1-3-5-9/h1-8,13H,18H2. The SMILES string of the molecule is NC(c1ccccc1)c1nnc(-c2ccc(Cl)c(Cl)c2)s1. The molecule has 0 radical (unpaired) electrons. The minimum atomic E-state index is -0.278. The molecule has 0 fully saturated rings. The molecule has 3 rings (SSSR count). The molecular weight excluding hydrogens is 325 g/mol. The molecule has 2 aromatic carbocycles. The molecule has 3 nitrogen and oxygen atoms in total. The van der Waals surface area contributed by atoms with Gasteiger partial charge in [-0.1, -0.05) is 70.9 Å². The minimum absolute atomic E-state index is 0.278. The van der Waals surface area contributed by atoms with Crippen molar-refractivity contribution in [3.63, 3.8) is 0 Å². The highest BCUT2D eigenvalue weighted by molar-refractivity contribution is 7.14. The molecular formula is C15H11Cl2N3S. The maximum atomic E-state index is 6.22. The van der Waals surface area contributed by atoms with Gasteiger partial charge in [0.05, 0.1) is 16.1 Å². The highest BCUT2D eigenvalue weighted by atomic mass is 35.5. The van der Waals surface area contributed by atoms with Gasteiger partial charge < -0.3 is 5.73 Å². The maximum Gasteiger partial charge on any atom is 0.147 e. The van der Waals surface area contributed by atoms with Crippen molar-refractivity contribution in [2.24, 2.45) is 5.73 Å². The molecule has 6 heteroatoms. The van der Waals surface area contributed by atoms with Crippen LogP contribution in [0.5, 0.6) is 0 Å². The van der Waals surface area contributed by atoms with Crippen molar-refractivity contribution in [1.82, 2.24) is 10.2 Å². The van der Waals surface area contributed by atoms with Crippen LogP contribution in [-0.2, 0) is 0 Å². The third kappa shape index (κ3) is 3.09. The van der Waals surface area contributed by atoms with Crippen LogP contribution in [0.25, 0.3) is 10.6 Å². The van der Waals surface area contributed by atoms with E-state index in [0.29, 0.717) is 10.0 Å². The van der Waals surface area contributed by atoms with Crippen LogP contribution >= 0.6 is 34.5 Å². The van der Waals surface area contributed by atoms with Crippen molar-refractivity contribution < 1.29 is 0 Å². The lowest BCUT2D eigenvalue weighted by Gasteiger charge is -2.06. The van der Waals surface area contributed by atoms with Gasteiger partial charge in [0.15, 0.2) is 0 Å². The Kier molecular flexibility index (Phi) is 4.22. The normalized spacial score (nSPS) is 12.3. The summed E-state index contributed by atoms with van der Waals surface area (Å²) in [5, 5.41) is 10.9. The summed E-state index contributed by atoms with van der Waals surface area (Å²) in [6.45, 7) is 0. The Morgan fingerprint density at radius 2 is 1.71 bits per heavy atom. The Balaban J connectivity index is 1.91. The highest BCUT2D eigenvalue weighted by Crippen LogP contribution is 2.32. The molecule has 0 bridgehead atoms.